The Morgan fingerprint density at radius 2 is 1.76 bits per heavy atom. The molecular formula is C22H20ClF3N4O3. The van der Waals surface area contributed by atoms with Crippen molar-refractivity contribution in [1.82, 2.24) is 20.3 Å². The molecule has 0 saturated heterocycles. The third kappa shape index (κ3) is 5.40. The van der Waals surface area contributed by atoms with E-state index < -0.39 is 23.7 Å². The molecule has 0 bridgehead atoms. The van der Waals surface area contributed by atoms with Gasteiger partial charge in [-0.2, -0.15) is 23.1 Å². The monoisotopic (exact) mass is 480 g/mol. The van der Waals surface area contributed by atoms with E-state index in [-0.39, 0.29) is 29.8 Å². The molecule has 174 valence electrons. The topological polar surface area (TPSA) is 97.2 Å². The largest absolute Gasteiger partial charge is 0.479 e. The highest BCUT2D eigenvalue weighted by Gasteiger charge is 2.58. The number of hydrogen-bond donors (Lipinski definition) is 2. The van der Waals surface area contributed by atoms with Crippen molar-refractivity contribution in [2.45, 2.75) is 32.2 Å². The Morgan fingerprint density at radius 3 is 2.39 bits per heavy atom. The first-order valence-corrected chi connectivity index (χ1v) is 10.2. The molecule has 0 spiro atoms. The third-order valence-electron chi connectivity index (χ3n) is 4.79. The molecule has 0 fully saturated rings. The Balaban J connectivity index is 1.88. The van der Waals surface area contributed by atoms with E-state index in [1.54, 1.807) is 24.3 Å². The molecule has 0 unspecified atom stereocenters. The molecule has 2 aromatic carbocycles. The van der Waals surface area contributed by atoms with Crippen LogP contribution in [0.1, 0.15) is 19.4 Å². The van der Waals surface area contributed by atoms with Crippen LogP contribution in [0.15, 0.2) is 48.5 Å². The lowest BCUT2D eigenvalue weighted by Crippen LogP contribution is -2.56. The summed E-state index contributed by atoms with van der Waals surface area (Å²) in [5, 5.41) is 12.5. The maximum atomic E-state index is 13.4. The van der Waals surface area contributed by atoms with Crippen LogP contribution in [0.4, 0.5) is 13.2 Å². The molecule has 3 aromatic rings. The van der Waals surface area contributed by atoms with Crippen molar-refractivity contribution >= 4 is 17.5 Å². The maximum Gasteiger partial charge on any atom is 0.426 e. The van der Waals surface area contributed by atoms with Crippen LogP contribution in [0, 0.1) is 0 Å². The van der Waals surface area contributed by atoms with E-state index in [9.17, 15) is 23.1 Å². The predicted octanol–water partition coefficient (Wildman–Crippen LogP) is 4.54. The van der Waals surface area contributed by atoms with E-state index in [1.807, 2.05) is 6.07 Å². The molecule has 33 heavy (non-hydrogen) atoms. The lowest BCUT2D eigenvalue weighted by molar-refractivity contribution is -0.260. The number of nitrogens with zero attached hydrogens (tertiary/aromatic N) is 3. The van der Waals surface area contributed by atoms with Crippen LogP contribution in [-0.2, 0) is 16.1 Å². The minimum absolute atomic E-state index is 0.0639. The van der Waals surface area contributed by atoms with Gasteiger partial charge in [0.1, 0.15) is 0 Å². The molecule has 7 nitrogen and oxygen atoms in total. The van der Waals surface area contributed by atoms with Gasteiger partial charge in [0.25, 0.3) is 5.91 Å². The van der Waals surface area contributed by atoms with E-state index in [0.29, 0.717) is 23.6 Å². The second-order valence-corrected chi connectivity index (χ2v) is 7.52. The summed E-state index contributed by atoms with van der Waals surface area (Å²) in [7, 11) is 0. The fourth-order valence-corrected chi connectivity index (χ4v) is 3.17. The number of rotatable bonds is 7. The van der Waals surface area contributed by atoms with Crippen molar-refractivity contribution in [3.63, 3.8) is 0 Å². The normalized spacial score (nSPS) is 13.4. The molecule has 2 N–H and O–H groups in total. The molecule has 0 saturated carbocycles. The average Bonchev–Trinajstić information content (AvgIpc) is 2.77. The summed E-state index contributed by atoms with van der Waals surface area (Å²) in [5.41, 5.74) is -1.60. The Morgan fingerprint density at radius 1 is 1.09 bits per heavy atom. The molecule has 3 rings (SSSR count). The minimum atomic E-state index is -4.89. The first-order chi connectivity index (χ1) is 15.5. The zero-order valence-corrected chi connectivity index (χ0v) is 18.4. The summed E-state index contributed by atoms with van der Waals surface area (Å²) < 4.78 is 44.8. The molecule has 0 aliphatic carbocycles. The summed E-state index contributed by atoms with van der Waals surface area (Å²) in [6, 6.07) is 12.9. The number of aromatic hydroxyl groups is 1. The van der Waals surface area contributed by atoms with E-state index in [4.69, 9.17) is 16.3 Å². The van der Waals surface area contributed by atoms with E-state index in [1.165, 1.54) is 25.1 Å². The Bertz CT molecular complexity index is 1150. The van der Waals surface area contributed by atoms with Gasteiger partial charge in [-0.1, -0.05) is 48.0 Å². The van der Waals surface area contributed by atoms with E-state index in [2.05, 4.69) is 20.3 Å². The van der Waals surface area contributed by atoms with Gasteiger partial charge in [-0.15, -0.1) is 0 Å². The Kier molecular flexibility index (Phi) is 7.19. The van der Waals surface area contributed by atoms with Crippen LogP contribution in [0.2, 0.25) is 5.02 Å². The highest BCUT2D eigenvalue weighted by atomic mass is 35.5. The fourth-order valence-electron chi connectivity index (χ4n) is 2.97. The highest BCUT2D eigenvalue weighted by Crippen LogP contribution is 2.34. The minimum Gasteiger partial charge on any atom is -0.479 e. The summed E-state index contributed by atoms with van der Waals surface area (Å²) >= 11 is 6.28. The van der Waals surface area contributed by atoms with Gasteiger partial charge < -0.3 is 15.2 Å². The number of aromatic nitrogens is 3. The van der Waals surface area contributed by atoms with Gasteiger partial charge in [0.05, 0.1) is 5.02 Å². The van der Waals surface area contributed by atoms with Crippen molar-refractivity contribution < 1.29 is 27.8 Å². The number of benzene rings is 2. The summed E-state index contributed by atoms with van der Waals surface area (Å²) in [6.45, 7) is 1.53. The van der Waals surface area contributed by atoms with Crippen molar-refractivity contribution in [3.8, 4) is 28.8 Å². The van der Waals surface area contributed by atoms with Gasteiger partial charge in [-0.25, -0.2) is 4.98 Å². The first kappa shape index (κ1) is 24.4. The first-order valence-electron chi connectivity index (χ1n) is 9.83. The van der Waals surface area contributed by atoms with Crippen LogP contribution < -0.4 is 5.32 Å². The number of alkyl halides is 3. The van der Waals surface area contributed by atoms with Crippen LogP contribution in [0.25, 0.3) is 22.8 Å². The molecule has 0 aliphatic rings. The molecule has 11 heteroatoms. The van der Waals surface area contributed by atoms with Crippen LogP contribution >= 0.6 is 11.6 Å². The van der Waals surface area contributed by atoms with Gasteiger partial charge in [-0.3, -0.25) is 4.79 Å². The van der Waals surface area contributed by atoms with Crippen LogP contribution in [0.3, 0.4) is 0 Å². The third-order valence-corrected chi connectivity index (χ3v) is 5.12. The number of halogens is 4. The van der Waals surface area contributed by atoms with Crippen molar-refractivity contribution in [1.29, 1.82) is 0 Å². The molecule has 0 aliphatic heterocycles. The lowest BCUT2D eigenvalue weighted by atomic mass is 10.0. The van der Waals surface area contributed by atoms with Gasteiger partial charge in [0.15, 0.2) is 11.6 Å². The summed E-state index contributed by atoms with van der Waals surface area (Å²) in [5.74, 6) is -1.04. The number of hydrogen-bond acceptors (Lipinski definition) is 6. The maximum absolute atomic E-state index is 13.4. The number of carbonyl (C=O) groups is 1. The molecule has 1 amide bonds. The molecule has 1 atom stereocenters. The number of ether oxygens (including phenoxy) is 1. The zero-order chi connectivity index (χ0) is 24.2. The second-order valence-electron chi connectivity index (χ2n) is 7.11. The summed E-state index contributed by atoms with van der Waals surface area (Å²) in [4.78, 5) is 24.5. The molecule has 0 radical (unpaired) electrons. The molecular weight excluding hydrogens is 461 g/mol. The van der Waals surface area contributed by atoms with Crippen molar-refractivity contribution in [2.24, 2.45) is 0 Å². The van der Waals surface area contributed by atoms with Crippen LogP contribution in [-0.4, -0.2) is 44.3 Å². The molecule has 1 heterocycles. The second kappa shape index (κ2) is 9.72. The number of amides is 1. The van der Waals surface area contributed by atoms with E-state index in [0.717, 1.165) is 0 Å². The highest BCUT2D eigenvalue weighted by molar-refractivity contribution is 6.33. The average molecular weight is 481 g/mol. The van der Waals surface area contributed by atoms with Gasteiger partial charge in [-0.05, 0) is 31.5 Å². The van der Waals surface area contributed by atoms with Gasteiger partial charge >= 0.3 is 12.2 Å². The smallest absolute Gasteiger partial charge is 0.426 e. The Hall–Kier alpha value is -3.24. The zero-order valence-electron chi connectivity index (χ0n) is 17.7. The standard InChI is InChI=1S/C22H20ClF3N4O3/c1-3-33-21(2,22(24,25)26)19(31)27-12-13-9-10-16(23)15(11-13)18-28-17(29-20(32)30-18)14-7-5-4-6-8-14/h4-11H,3,12H2,1-2H3,(H,27,31)(H,28,29,30,32)/t21-/m0/s1. The lowest BCUT2D eigenvalue weighted by Gasteiger charge is -2.30. The molecule has 1 aromatic heterocycles. The predicted molar refractivity (Wildman–Crippen MR) is 115 cm³/mol. The van der Waals surface area contributed by atoms with Gasteiger partial charge in [0, 0.05) is 24.3 Å². The van der Waals surface area contributed by atoms with E-state index >= 15 is 0 Å². The van der Waals surface area contributed by atoms with Crippen LogP contribution in [0.5, 0.6) is 6.01 Å². The van der Waals surface area contributed by atoms with Crippen molar-refractivity contribution in [2.75, 3.05) is 6.61 Å². The number of nitrogens with one attached hydrogen (secondary N) is 1. The number of carbonyl (C=O) groups excluding carboxylic acids is 1. The quantitative estimate of drug-likeness (QED) is 0.515. The van der Waals surface area contributed by atoms with Gasteiger partial charge in [0.2, 0.25) is 5.60 Å². The SMILES string of the molecule is CCO[C@@](C)(C(=O)NCc1ccc(Cl)c(-c2nc(O)nc(-c3ccccc3)n2)c1)C(F)(F)F. The Labute approximate surface area is 192 Å². The van der Waals surface area contributed by atoms with Crippen molar-refractivity contribution in [3.05, 3.63) is 59.1 Å². The fraction of sp³-hybridized carbons (Fsp3) is 0.273. The summed E-state index contributed by atoms with van der Waals surface area (Å²) in [6.07, 6.45) is -4.89.